The first-order chi connectivity index (χ1) is 15.8. The summed E-state index contributed by atoms with van der Waals surface area (Å²) in [5.74, 6) is -0.395. The average molecular weight is 449 g/mol. The fraction of sp³-hybridized carbons (Fsp3) is 0.423. The summed E-state index contributed by atoms with van der Waals surface area (Å²) in [6.45, 7) is 3.31. The van der Waals surface area contributed by atoms with Crippen molar-refractivity contribution in [3.63, 3.8) is 0 Å². The fourth-order valence-corrected chi connectivity index (χ4v) is 4.61. The van der Waals surface area contributed by atoms with Crippen LogP contribution < -0.4 is 15.1 Å². The van der Waals surface area contributed by atoms with E-state index in [1.165, 1.54) is 10.5 Å². The number of carbonyl (C=O) groups is 3. The number of rotatable bonds is 6. The highest BCUT2D eigenvalue weighted by atomic mass is 16.2. The Kier molecular flexibility index (Phi) is 6.67. The van der Waals surface area contributed by atoms with E-state index < -0.39 is 0 Å². The Morgan fingerprint density at radius 2 is 1.82 bits per heavy atom. The van der Waals surface area contributed by atoms with E-state index in [4.69, 9.17) is 0 Å². The highest BCUT2D eigenvalue weighted by Gasteiger charge is 2.40. The van der Waals surface area contributed by atoms with Crippen molar-refractivity contribution in [2.45, 2.75) is 38.6 Å². The summed E-state index contributed by atoms with van der Waals surface area (Å²) in [6.07, 6.45) is 3.54. The number of nitrogens with zero attached hydrogens (tertiary/aromatic N) is 3. The Hall–Kier alpha value is -3.35. The van der Waals surface area contributed by atoms with Crippen LogP contribution in [0.1, 0.15) is 40.7 Å². The third-order valence-electron chi connectivity index (χ3n) is 6.44. The highest BCUT2D eigenvalue weighted by molar-refractivity contribution is 6.09. The van der Waals surface area contributed by atoms with Crippen molar-refractivity contribution in [3.05, 3.63) is 59.2 Å². The third-order valence-corrected chi connectivity index (χ3v) is 6.44. The van der Waals surface area contributed by atoms with Gasteiger partial charge in [0.25, 0.3) is 5.91 Å². The van der Waals surface area contributed by atoms with Gasteiger partial charge >= 0.3 is 0 Å². The molecule has 2 aliphatic rings. The Labute approximate surface area is 195 Å². The number of piperidine rings is 1. The molecule has 0 aromatic heterocycles. The maximum Gasteiger partial charge on any atom is 0.253 e. The Morgan fingerprint density at radius 1 is 1.06 bits per heavy atom. The summed E-state index contributed by atoms with van der Waals surface area (Å²) in [7, 11) is 3.40. The van der Waals surface area contributed by atoms with E-state index in [9.17, 15) is 14.4 Å². The van der Waals surface area contributed by atoms with Crippen LogP contribution in [0.15, 0.2) is 42.5 Å². The number of hydrogen-bond acceptors (Lipinski definition) is 4. The molecule has 1 atom stereocenters. The first-order valence-corrected chi connectivity index (χ1v) is 11.6. The van der Waals surface area contributed by atoms with Crippen molar-refractivity contribution >= 4 is 29.1 Å². The molecule has 0 spiro atoms. The van der Waals surface area contributed by atoms with Gasteiger partial charge in [0.2, 0.25) is 11.8 Å². The molecule has 174 valence electrons. The molecule has 0 saturated carbocycles. The van der Waals surface area contributed by atoms with Crippen LogP contribution in [-0.2, 0) is 16.0 Å². The lowest BCUT2D eigenvalue weighted by molar-refractivity contribution is -0.124. The van der Waals surface area contributed by atoms with Crippen LogP contribution >= 0.6 is 0 Å². The highest BCUT2D eigenvalue weighted by Crippen LogP contribution is 2.40. The number of fused-ring (bicyclic) bond motifs is 3. The molecule has 0 aliphatic carbocycles. The quantitative estimate of drug-likeness (QED) is 0.738. The van der Waals surface area contributed by atoms with Gasteiger partial charge in [-0.25, -0.2) is 0 Å². The summed E-state index contributed by atoms with van der Waals surface area (Å²) in [6, 6.07) is 13.5. The second-order valence-electron chi connectivity index (χ2n) is 9.12. The number of amides is 3. The minimum atomic E-state index is -0.248. The van der Waals surface area contributed by atoms with Gasteiger partial charge in [0.1, 0.15) is 12.6 Å². The normalized spacial score (nSPS) is 17.3. The van der Waals surface area contributed by atoms with Crippen molar-refractivity contribution in [2.24, 2.45) is 0 Å². The molecule has 2 aromatic carbocycles. The zero-order valence-corrected chi connectivity index (χ0v) is 19.6. The van der Waals surface area contributed by atoms with Gasteiger partial charge in [0.15, 0.2) is 0 Å². The molecule has 7 heteroatoms. The molecule has 2 heterocycles. The van der Waals surface area contributed by atoms with E-state index in [1.54, 1.807) is 25.1 Å². The van der Waals surface area contributed by atoms with E-state index in [2.05, 4.69) is 34.5 Å². The van der Waals surface area contributed by atoms with Crippen LogP contribution in [0.3, 0.4) is 0 Å². The van der Waals surface area contributed by atoms with Crippen LogP contribution in [0.5, 0.6) is 0 Å². The van der Waals surface area contributed by atoms with Gasteiger partial charge in [0, 0.05) is 32.7 Å². The molecule has 1 saturated heterocycles. The van der Waals surface area contributed by atoms with Gasteiger partial charge in [0.05, 0.1) is 11.4 Å². The SMILES string of the molecule is Cc1ccc(CCNC(=O)CN2C(=O)[C@@H]3CCCCN3c3ccc(C(=O)N(C)C)cc32)cc1. The zero-order valence-electron chi connectivity index (χ0n) is 19.6. The fourth-order valence-electron chi connectivity index (χ4n) is 4.61. The van der Waals surface area contributed by atoms with Gasteiger partial charge in [-0.15, -0.1) is 0 Å². The largest absolute Gasteiger partial charge is 0.358 e. The molecule has 0 bridgehead atoms. The molecule has 1 N–H and O–H groups in total. The smallest absolute Gasteiger partial charge is 0.253 e. The van der Waals surface area contributed by atoms with E-state index >= 15 is 0 Å². The third kappa shape index (κ3) is 4.87. The summed E-state index contributed by atoms with van der Waals surface area (Å²) >= 11 is 0. The lowest BCUT2D eigenvalue weighted by Crippen LogP contribution is -2.57. The Bertz CT molecular complexity index is 1050. The second kappa shape index (κ2) is 9.65. The number of anilines is 2. The van der Waals surface area contributed by atoms with Crippen molar-refractivity contribution < 1.29 is 14.4 Å². The topological polar surface area (TPSA) is 73.0 Å². The minimum Gasteiger partial charge on any atom is -0.358 e. The lowest BCUT2D eigenvalue weighted by atomic mass is 9.95. The van der Waals surface area contributed by atoms with Gasteiger partial charge in [-0.1, -0.05) is 29.8 Å². The molecule has 7 nitrogen and oxygen atoms in total. The Balaban J connectivity index is 1.52. The predicted molar refractivity (Wildman–Crippen MR) is 130 cm³/mol. The second-order valence-corrected chi connectivity index (χ2v) is 9.12. The van der Waals surface area contributed by atoms with Crippen LogP contribution in [0, 0.1) is 6.92 Å². The molecule has 0 radical (unpaired) electrons. The molecule has 33 heavy (non-hydrogen) atoms. The lowest BCUT2D eigenvalue weighted by Gasteiger charge is -2.45. The van der Waals surface area contributed by atoms with Gasteiger partial charge < -0.3 is 15.1 Å². The van der Waals surface area contributed by atoms with E-state index in [-0.39, 0.29) is 30.3 Å². The van der Waals surface area contributed by atoms with Crippen molar-refractivity contribution in [3.8, 4) is 0 Å². The van der Waals surface area contributed by atoms with Crippen molar-refractivity contribution in [1.29, 1.82) is 0 Å². The molecular weight excluding hydrogens is 416 g/mol. The van der Waals surface area contributed by atoms with Crippen LogP contribution in [0.2, 0.25) is 0 Å². The maximum absolute atomic E-state index is 13.4. The molecule has 0 unspecified atom stereocenters. The molecular formula is C26H32N4O3. The summed E-state index contributed by atoms with van der Waals surface area (Å²) in [5.41, 5.74) is 4.42. The number of aryl methyl sites for hydroxylation is 1. The standard InChI is InChI=1S/C26H32N4O3/c1-18-7-9-19(10-8-18)13-14-27-24(31)17-30-23-16-20(25(32)28(2)3)11-12-21(23)29-15-5-4-6-22(29)26(30)33/h7-12,16,22H,4-6,13-15,17H2,1-3H3,(H,27,31)/t22-/m0/s1. The van der Waals surface area contributed by atoms with Crippen LogP contribution in [0.4, 0.5) is 11.4 Å². The first kappa shape index (κ1) is 22.8. The number of carbonyl (C=O) groups excluding carboxylic acids is 3. The zero-order chi connectivity index (χ0) is 23.5. The predicted octanol–water partition coefficient (Wildman–Crippen LogP) is 2.76. The average Bonchev–Trinajstić information content (AvgIpc) is 2.82. The minimum absolute atomic E-state index is 0.0519. The maximum atomic E-state index is 13.4. The first-order valence-electron chi connectivity index (χ1n) is 11.6. The van der Waals surface area contributed by atoms with E-state index in [0.717, 1.165) is 43.5 Å². The van der Waals surface area contributed by atoms with Crippen molar-refractivity contribution in [1.82, 2.24) is 10.2 Å². The number of benzene rings is 2. The van der Waals surface area contributed by atoms with E-state index in [1.807, 2.05) is 19.1 Å². The summed E-state index contributed by atoms with van der Waals surface area (Å²) < 4.78 is 0. The molecule has 2 aromatic rings. The van der Waals surface area contributed by atoms with Crippen molar-refractivity contribution in [2.75, 3.05) is 43.5 Å². The Morgan fingerprint density at radius 3 is 2.55 bits per heavy atom. The van der Waals surface area contributed by atoms with Gasteiger partial charge in [-0.05, 0) is 56.4 Å². The molecule has 4 rings (SSSR count). The van der Waals surface area contributed by atoms with Crippen LogP contribution in [0.25, 0.3) is 0 Å². The summed E-state index contributed by atoms with van der Waals surface area (Å²) in [5, 5.41) is 2.95. The number of hydrogen-bond donors (Lipinski definition) is 1. The molecule has 2 aliphatic heterocycles. The van der Waals surface area contributed by atoms with Gasteiger partial charge in [-0.3, -0.25) is 19.3 Å². The molecule has 1 fully saturated rings. The van der Waals surface area contributed by atoms with Gasteiger partial charge in [-0.2, -0.15) is 0 Å². The number of nitrogens with one attached hydrogen (secondary N) is 1. The summed E-state index contributed by atoms with van der Waals surface area (Å²) in [4.78, 5) is 44.0. The van der Waals surface area contributed by atoms with E-state index in [0.29, 0.717) is 17.8 Å². The molecule has 3 amide bonds. The van der Waals surface area contributed by atoms with Crippen LogP contribution in [-0.4, -0.2) is 62.4 Å². The monoisotopic (exact) mass is 448 g/mol.